The Balaban J connectivity index is 1.39. The molecule has 1 aliphatic heterocycles. The second-order valence-electron chi connectivity index (χ2n) is 6.95. The Morgan fingerprint density at radius 1 is 1.11 bits per heavy atom. The van der Waals surface area contributed by atoms with Crippen LogP contribution in [-0.2, 0) is 26.1 Å². The van der Waals surface area contributed by atoms with Crippen LogP contribution in [0.2, 0.25) is 0 Å². The van der Waals surface area contributed by atoms with Crippen LogP contribution in [0.5, 0.6) is 0 Å². The topological polar surface area (TPSA) is 75.1 Å². The number of carbonyl (C=O) groups is 1. The van der Waals surface area contributed by atoms with Crippen LogP contribution in [0, 0.1) is 0 Å². The fourth-order valence-electron chi connectivity index (χ4n) is 3.52. The maximum absolute atomic E-state index is 12.4. The molecule has 2 heterocycles. The van der Waals surface area contributed by atoms with E-state index < -0.39 is 0 Å². The highest BCUT2D eigenvalue weighted by Gasteiger charge is 2.17. The van der Waals surface area contributed by atoms with Gasteiger partial charge in [-0.15, -0.1) is 10.2 Å². The van der Waals surface area contributed by atoms with Gasteiger partial charge < -0.3 is 20.1 Å². The molecular formula is C21H24N6O. The molecule has 0 saturated heterocycles. The number of hydrogen-bond acceptors (Lipinski definition) is 4. The Hall–Kier alpha value is -3.35. The molecule has 144 valence electrons. The zero-order valence-corrected chi connectivity index (χ0v) is 15.9. The molecule has 1 aromatic heterocycles. The first-order valence-electron chi connectivity index (χ1n) is 9.50. The van der Waals surface area contributed by atoms with E-state index in [4.69, 9.17) is 0 Å². The zero-order chi connectivity index (χ0) is 19.3. The van der Waals surface area contributed by atoms with Crippen molar-refractivity contribution in [1.82, 2.24) is 20.1 Å². The summed E-state index contributed by atoms with van der Waals surface area (Å²) >= 11 is 0. The number of anilines is 2. The highest BCUT2D eigenvalue weighted by molar-refractivity contribution is 5.93. The van der Waals surface area contributed by atoms with Gasteiger partial charge in [-0.1, -0.05) is 42.5 Å². The fourth-order valence-corrected chi connectivity index (χ4v) is 3.52. The minimum absolute atomic E-state index is 0.254. The lowest BCUT2D eigenvalue weighted by molar-refractivity contribution is 0.251. The summed E-state index contributed by atoms with van der Waals surface area (Å²) in [4.78, 5) is 14.6. The minimum Gasteiger partial charge on any atom is -0.369 e. The molecule has 0 atom stereocenters. The first-order valence-corrected chi connectivity index (χ1v) is 9.50. The number of rotatable bonds is 6. The van der Waals surface area contributed by atoms with Crippen molar-refractivity contribution in [3.63, 3.8) is 0 Å². The number of aryl methyl sites for hydroxylation is 1. The van der Waals surface area contributed by atoms with E-state index in [9.17, 15) is 4.79 Å². The van der Waals surface area contributed by atoms with E-state index in [1.807, 2.05) is 49.5 Å². The first-order chi connectivity index (χ1) is 13.7. The molecule has 0 spiro atoms. The van der Waals surface area contributed by atoms with E-state index in [0.717, 1.165) is 49.0 Å². The van der Waals surface area contributed by atoms with Gasteiger partial charge >= 0.3 is 6.03 Å². The van der Waals surface area contributed by atoms with Gasteiger partial charge in [0, 0.05) is 26.6 Å². The van der Waals surface area contributed by atoms with Crippen LogP contribution in [0.4, 0.5) is 16.2 Å². The molecule has 7 heteroatoms. The van der Waals surface area contributed by atoms with Crippen molar-refractivity contribution in [1.29, 1.82) is 0 Å². The van der Waals surface area contributed by atoms with Crippen LogP contribution in [0.25, 0.3) is 0 Å². The van der Waals surface area contributed by atoms with Crippen molar-refractivity contribution < 1.29 is 4.79 Å². The Morgan fingerprint density at radius 2 is 1.89 bits per heavy atom. The van der Waals surface area contributed by atoms with E-state index in [-0.39, 0.29) is 6.03 Å². The van der Waals surface area contributed by atoms with E-state index in [2.05, 4.69) is 42.4 Å². The monoisotopic (exact) mass is 376 g/mol. The van der Waals surface area contributed by atoms with Crippen molar-refractivity contribution in [2.45, 2.75) is 32.5 Å². The Bertz CT molecular complexity index is 953. The Kier molecular flexibility index (Phi) is 5.23. The molecule has 4 rings (SSSR count). The van der Waals surface area contributed by atoms with Crippen LogP contribution in [-0.4, -0.2) is 27.8 Å². The van der Waals surface area contributed by atoms with Crippen LogP contribution in [0.1, 0.15) is 23.6 Å². The quantitative estimate of drug-likeness (QED) is 0.693. The fraction of sp³-hybridized carbons (Fsp3) is 0.286. The van der Waals surface area contributed by atoms with Crippen LogP contribution in [0.15, 0.2) is 54.6 Å². The maximum atomic E-state index is 12.4. The molecular weight excluding hydrogens is 352 g/mol. The number of carbonyl (C=O) groups excluding carboxylic acids is 1. The lowest BCUT2D eigenvalue weighted by Crippen LogP contribution is -2.30. The standard InChI is InChI=1S/C21H24N6O/c1-26(15-16-8-3-2-4-9-16)18-11-6-5-10-17(18)23-21(28)22-14-20-25-24-19-12-7-13-27(19)20/h2-6,8-11H,7,12-15H2,1H3,(H2,22,23,28). The number of fused-ring (bicyclic) bond motifs is 1. The Labute approximate surface area is 164 Å². The van der Waals surface area contributed by atoms with Gasteiger partial charge in [-0.2, -0.15) is 0 Å². The zero-order valence-electron chi connectivity index (χ0n) is 15.9. The minimum atomic E-state index is -0.254. The predicted octanol–water partition coefficient (Wildman–Crippen LogP) is 3.18. The number of urea groups is 1. The molecule has 28 heavy (non-hydrogen) atoms. The molecule has 0 fully saturated rings. The van der Waals surface area contributed by atoms with Gasteiger partial charge in [0.25, 0.3) is 0 Å². The molecule has 2 aromatic carbocycles. The molecule has 0 aliphatic carbocycles. The molecule has 7 nitrogen and oxygen atoms in total. The summed E-state index contributed by atoms with van der Waals surface area (Å²) in [5.74, 6) is 1.81. The average Bonchev–Trinajstić information content (AvgIpc) is 3.32. The molecule has 2 N–H and O–H groups in total. The van der Waals surface area contributed by atoms with Crippen molar-refractivity contribution in [3.05, 3.63) is 71.8 Å². The second-order valence-corrected chi connectivity index (χ2v) is 6.95. The molecule has 2 amide bonds. The lowest BCUT2D eigenvalue weighted by Gasteiger charge is -2.23. The van der Waals surface area contributed by atoms with Crippen molar-refractivity contribution >= 4 is 17.4 Å². The average molecular weight is 376 g/mol. The van der Waals surface area contributed by atoms with Crippen LogP contribution in [0.3, 0.4) is 0 Å². The largest absolute Gasteiger partial charge is 0.369 e. The highest BCUT2D eigenvalue weighted by atomic mass is 16.2. The third-order valence-corrected chi connectivity index (χ3v) is 4.92. The molecule has 0 saturated carbocycles. The lowest BCUT2D eigenvalue weighted by atomic mass is 10.2. The number of nitrogens with one attached hydrogen (secondary N) is 2. The summed E-state index contributed by atoms with van der Waals surface area (Å²) in [6, 6.07) is 17.8. The number of hydrogen-bond donors (Lipinski definition) is 2. The van der Waals surface area contributed by atoms with Crippen LogP contribution >= 0.6 is 0 Å². The summed E-state index contributed by atoms with van der Waals surface area (Å²) in [5, 5.41) is 14.2. The number of benzene rings is 2. The highest BCUT2D eigenvalue weighted by Crippen LogP contribution is 2.26. The van der Waals surface area contributed by atoms with Gasteiger partial charge in [-0.3, -0.25) is 0 Å². The number of aromatic nitrogens is 3. The predicted molar refractivity (Wildman–Crippen MR) is 109 cm³/mol. The normalized spacial score (nSPS) is 12.5. The summed E-state index contributed by atoms with van der Waals surface area (Å²) in [5.41, 5.74) is 2.94. The SMILES string of the molecule is CN(Cc1ccccc1)c1ccccc1NC(=O)NCc1nnc2n1CCC2. The number of amides is 2. The van der Waals surface area contributed by atoms with Gasteiger partial charge in [-0.05, 0) is 24.1 Å². The van der Waals surface area contributed by atoms with Gasteiger partial charge in [0.15, 0.2) is 5.82 Å². The maximum Gasteiger partial charge on any atom is 0.319 e. The second kappa shape index (κ2) is 8.12. The van der Waals surface area contributed by atoms with Crippen LogP contribution < -0.4 is 15.5 Å². The summed E-state index contributed by atoms with van der Waals surface area (Å²) < 4.78 is 2.09. The number of para-hydroxylation sites is 2. The summed E-state index contributed by atoms with van der Waals surface area (Å²) in [6.45, 7) is 2.04. The van der Waals surface area contributed by atoms with Gasteiger partial charge in [-0.25, -0.2) is 4.79 Å². The van der Waals surface area contributed by atoms with E-state index >= 15 is 0 Å². The molecule has 3 aromatic rings. The summed E-state index contributed by atoms with van der Waals surface area (Å²) in [7, 11) is 2.02. The molecule has 0 unspecified atom stereocenters. The van der Waals surface area contributed by atoms with Gasteiger partial charge in [0.2, 0.25) is 0 Å². The van der Waals surface area contributed by atoms with Crippen molar-refractivity contribution in [3.8, 4) is 0 Å². The number of nitrogens with zero attached hydrogens (tertiary/aromatic N) is 4. The third kappa shape index (κ3) is 3.98. The van der Waals surface area contributed by atoms with Gasteiger partial charge in [0.1, 0.15) is 5.82 Å². The van der Waals surface area contributed by atoms with Crippen molar-refractivity contribution in [2.24, 2.45) is 0 Å². The Morgan fingerprint density at radius 3 is 2.75 bits per heavy atom. The molecule has 0 bridgehead atoms. The molecule has 1 aliphatic rings. The molecule has 0 radical (unpaired) electrons. The first kappa shape index (κ1) is 18.0. The van der Waals surface area contributed by atoms with Crippen molar-refractivity contribution in [2.75, 3.05) is 17.3 Å². The smallest absolute Gasteiger partial charge is 0.319 e. The van der Waals surface area contributed by atoms with E-state index in [1.54, 1.807) is 0 Å². The van der Waals surface area contributed by atoms with Gasteiger partial charge in [0.05, 0.1) is 17.9 Å². The summed E-state index contributed by atoms with van der Waals surface area (Å²) in [6.07, 6.45) is 2.05. The van der Waals surface area contributed by atoms with E-state index in [0.29, 0.717) is 6.54 Å². The third-order valence-electron chi connectivity index (χ3n) is 4.92. The van der Waals surface area contributed by atoms with E-state index in [1.165, 1.54) is 5.56 Å².